The molecule has 1 aliphatic heterocycles. The number of anilines is 1. The highest BCUT2D eigenvalue weighted by atomic mass is 32.3. The first-order chi connectivity index (χ1) is 23.4. The van der Waals surface area contributed by atoms with Gasteiger partial charge in [0.25, 0.3) is 12.0 Å². The third kappa shape index (κ3) is 9.02. The summed E-state index contributed by atoms with van der Waals surface area (Å²) >= 11 is 0.961. The number of nitrogen functional groups attached to an aromatic ring is 1. The molecule has 0 spiro atoms. The van der Waals surface area contributed by atoms with Crippen molar-refractivity contribution in [2.75, 3.05) is 18.9 Å². The molecule has 4 rings (SSSR count). The Kier molecular flexibility index (Phi) is 11.7. The van der Waals surface area contributed by atoms with Crippen molar-refractivity contribution in [3.8, 4) is 16.9 Å². The van der Waals surface area contributed by atoms with Crippen LogP contribution in [0, 0.1) is 5.92 Å². The van der Waals surface area contributed by atoms with Crippen LogP contribution in [-0.2, 0) is 52.2 Å². The summed E-state index contributed by atoms with van der Waals surface area (Å²) in [7, 11) is -3.49. The minimum absolute atomic E-state index is 0.0555. The molecule has 2 aromatic heterocycles. The van der Waals surface area contributed by atoms with Crippen LogP contribution in [0.2, 0.25) is 0 Å². The number of benzene rings is 1. The number of rotatable bonds is 17. The molecule has 1 aliphatic rings. The van der Waals surface area contributed by atoms with Gasteiger partial charge in [0.15, 0.2) is 34.3 Å². The van der Waals surface area contributed by atoms with E-state index in [0.717, 1.165) is 22.5 Å². The summed E-state index contributed by atoms with van der Waals surface area (Å²) in [5.41, 5.74) is 11.7. The first-order valence-corrected chi connectivity index (χ1v) is 16.9. The van der Waals surface area contributed by atoms with E-state index in [0.29, 0.717) is 16.5 Å². The summed E-state index contributed by atoms with van der Waals surface area (Å²) in [4.78, 5) is 59.2. The third-order valence-corrected chi connectivity index (χ3v) is 8.81. The van der Waals surface area contributed by atoms with E-state index in [9.17, 15) is 37.3 Å². The number of hydrogen-bond donors (Lipinski definition) is 4. The number of hydroxylamine groups is 2. The second-order valence-electron chi connectivity index (χ2n) is 11.7. The van der Waals surface area contributed by atoms with Crippen LogP contribution >= 0.6 is 11.3 Å². The van der Waals surface area contributed by atoms with E-state index < -0.39 is 77.0 Å². The molecule has 0 radical (unpaired) electrons. The Hall–Kier alpha value is -4.86. The molecule has 268 valence electrons. The second-order valence-corrected chi connectivity index (χ2v) is 13.5. The highest BCUT2D eigenvalue weighted by Crippen LogP contribution is 2.40. The Labute approximate surface area is 289 Å². The zero-order valence-electron chi connectivity index (χ0n) is 26.9. The Morgan fingerprint density at radius 3 is 2.38 bits per heavy atom. The number of aryl methyl sites for hydroxylation is 1. The lowest BCUT2D eigenvalue weighted by Gasteiger charge is -2.51. The molecule has 3 aromatic rings. The number of ether oxygens (including phenoxy) is 1. The number of ketones is 2. The summed E-state index contributed by atoms with van der Waals surface area (Å²) in [6, 6.07) is 9.30. The van der Waals surface area contributed by atoms with E-state index in [1.807, 2.05) is 12.3 Å². The number of oxime groups is 1. The van der Waals surface area contributed by atoms with Gasteiger partial charge in [-0.3, -0.25) is 14.4 Å². The summed E-state index contributed by atoms with van der Waals surface area (Å²) < 4.78 is 44.6. The number of β-lactam (4-membered cyclic amide) rings is 1. The standard InChI is InChI=1S/C30H34N6O12S2/c1-30(2)20(27(40)36(30)48-50(43,44)45)11-24(39)26(22-15-49-29(32)33-22)34-47-25(28(41)42)14-46-19-8-5-16(6-9-19)17-4-7-18(35(3)12-17)10-23(38)21(31)13-37/h4-9,12,15,20-21,25,37H,10-11,13-14,31H2,1-3H3,(H3-,32,33,41,42,43,44,45)/b34-26-/t20-,21+,25+/m1/s1. The Morgan fingerprint density at radius 1 is 1.18 bits per heavy atom. The van der Waals surface area contributed by atoms with Gasteiger partial charge in [0.1, 0.15) is 25.1 Å². The number of nitrogens with zero attached hydrogens (tertiary/aromatic N) is 4. The number of carboxylic acid groups (broad SMARTS) is 1. The molecule has 6 N–H and O–H groups in total. The molecule has 20 heteroatoms. The molecule has 0 bridgehead atoms. The number of thiazole rings is 1. The van der Waals surface area contributed by atoms with Crippen LogP contribution in [-0.4, -0.2) is 93.3 Å². The molecular weight excluding hydrogens is 700 g/mol. The monoisotopic (exact) mass is 734 g/mol. The maximum Gasteiger partial charge on any atom is 0.351 e. The summed E-state index contributed by atoms with van der Waals surface area (Å²) in [5, 5.41) is 24.4. The average molecular weight is 735 g/mol. The van der Waals surface area contributed by atoms with E-state index in [1.54, 1.807) is 41.9 Å². The highest BCUT2D eigenvalue weighted by Gasteiger charge is 2.57. The van der Waals surface area contributed by atoms with E-state index >= 15 is 0 Å². The molecule has 0 unspecified atom stereocenters. The van der Waals surface area contributed by atoms with Gasteiger partial charge < -0.3 is 35.8 Å². The van der Waals surface area contributed by atoms with Gasteiger partial charge in [0.05, 0.1) is 30.5 Å². The fourth-order valence-electron chi connectivity index (χ4n) is 4.87. The van der Waals surface area contributed by atoms with Gasteiger partial charge in [-0.05, 0) is 37.6 Å². The number of aliphatic hydroxyl groups excluding tert-OH is 1. The van der Waals surface area contributed by atoms with Crippen LogP contribution in [0.5, 0.6) is 5.75 Å². The van der Waals surface area contributed by atoms with Gasteiger partial charge in [-0.25, -0.2) is 22.8 Å². The average Bonchev–Trinajstić information content (AvgIpc) is 3.49. The molecule has 50 heavy (non-hydrogen) atoms. The van der Waals surface area contributed by atoms with E-state index in [1.165, 1.54) is 19.2 Å². The molecule has 1 saturated heterocycles. The maximum absolute atomic E-state index is 13.3. The number of pyridine rings is 1. The number of aliphatic hydroxyl groups is 1. The van der Waals surface area contributed by atoms with Gasteiger partial charge >= 0.3 is 5.97 Å². The number of nitrogens with two attached hydrogens (primary N) is 2. The van der Waals surface area contributed by atoms with Gasteiger partial charge in [0, 0.05) is 23.4 Å². The summed E-state index contributed by atoms with van der Waals surface area (Å²) in [6.45, 7) is 1.80. The lowest BCUT2D eigenvalue weighted by Crippen LogP contribution is -2.68. The zero-order valence-corrected chi connectivity index (χ0v) is 28.5. The van der Waals surface area contributed by atoms with Gasteiger partial charge in [0.2, 0.25) is 10.4 Å². The fraction of sp³-hybridized carbons (Fsp3) is 0.367. The van der Waals surface area contributed by atoms with Crippen LogP contribution in [0.4, 0.5) is 5.13 Å². The molecule has 1 amide bonds. The molecular formula is C30H34N6O12S2. The lowest BCUT2D eigenvalue weighted by atomic mass is 9.74. The largest absolute Gasteiger partial charge is 0.724 e. The highest BCUT2D eigenvalue weighted by molar-refractivity contribution is 7.80. The maximum atomic E-state index is 13.3. The normalized spacial score (nSPS) is 17.1. The van der Waals surface area contributed by atoms with Crippen molar-refractivity contribution in [1.29, 1.82) is 0 Å². The SMILES string of the molecule is C[n+]1cc(-c2ccc(OC[C@H](O/N=C(\C(=O)C[C@@H]3C(=O)N(OS(=O)(=O)[O-])C3(C)C)c3csc(N)n3)C(=O)O)cc2)ccc1CC(=O)[C@@H](N)CO. The Bertz CT molecular complexity index is 1910. The number of carboxylic acids is 1. The first-order valence-electron chi connectivity index (χ1n) is 14.7. The van der Waals surface area contributed by atoms with Crippen LogP contribution in [0.15, 0.2) is 53.1 Å². The topological polar surface area (TPSA) is 278 Å². The van der Waals surface area contributed by atoms with Crippen LogP contribution in [0.3, 0.4) is 0 Å². The zero-order chi connectivity index (χ0) is 37.0. The van der Waals surface area contributed by atoms with Crippen molar-refractivity contribution in [2.45, 2.75) is 44.4 Å². The van der Waals surface area contributed by atoms with Gasteiger partial charge in [-0.2, -0.15) is 9.35 Å². The van der Waals surface area contributed by atoms with Gasteiger partial charge in [-0.15, -0.1) is 11.3 Å². The Morgan fingerprint density at radius 2 is 1.84 bits per heavy atom. The number of carbonyl (C=O) groups excluding carboxylic acids is 3. The predicted molar refractivity (Wildman–Crippen MR) is 173 cm³/mol. The summed E-state index contributed by atoms with van der Waals surface area (Å²) in [6.07, 6.45) is -0.372. The van der Waals surface area contributed by atoms with E-state index in [-0.39, 0.29) is 23.0 Å². The Balaban J connectivity index is 1.43. The molecule has 1 aromatic carbocycles. The first kappa shape index (κ1) is 38.0. The smallest absolute Gasteiger partial charge is 0.351 e. The number of amides is 1. The lowest BCUT2D eigenvalue weighted by molar-refractivity contribution is -0.678. The number of hydrogen-bond acceptors (Lipinski definition) is 16. The van der Waals surface area contributed by atoms with Crippen molar-refractivity contribution < 1.29 is 60.8 Å². The minimum Gasteiger partial charge on any atom is -0.724 e. The van der Waals surface area contributed by atoms with Crippen molar-refractivity contribution >= 4 is 56.0 Å². The number of aliphatic carboxylic acids is 1. The fourth-order valence-corrected chi connectivity index (χ4v) is 5.86. The van der Waals surface area contributed by atoms with Crippen molar-refractivity contribution in [3.05, 3.63) is 59.4 Å². The van der Waals surface area contributed by atoms with Crippen LogP contribution in [0.25, 0.3) is 11.1 Å². The van der Waals surface area contributed by atoms with Gasteiger partial charge in [-0.1, -0.05) is 17.3 Å². The van der Waals surface area contributed by atoms with Crippen LogP contribution in [0.1, 0.15) is 31.7 Å². The third-order valence-electron chi connectivity index (χ3n) is 7.80. The number of Topliss-reactive ketones (excluding diaryl/α,β-unsaturated/α-hetero) is 2. The molecule has 3 atom stereocenters. The predicted octanol–water partition coefficient (Wildman–Crippen LogP) is -0.511. The van der Waals surface area contributed by atoms with Crippen molar-refractivity contribution in [3.63, 3.8) is 0 Å². The van der Waals surface area contributed by atoms with Crippen molar-refractivity contribution in [2.24, 2.45) is 23.9 Å². The molecule has 0 saturated carbocycles. The van der Waals surface area contributed by atoms with Crippen LogP contribution < -0.4 is 20.8 Å². The molecule has 1 fully saturated rings. The minimum atomic E-state index is -5.26. The molecule has 3 heterocycles. The summed E-state index contributed by atoms with van der Waals surface area (Å²) in [5.74, 6) is -4.35. The van der Waals surface area contributed by atoms with E-state index in [2.05, 4.69) is 14.4 Å². The second kappa shape index (κ2) is 15.4. The quantitative estimate of drug-likeness (QED) is 0.0339. The van der Waals surface area contributed by atoms with E-state index in [4.69, 9.17) is 26.1 Å². The number of aromatic nitrogens is 2. The molecule has 18 nitrogen and oxygen atoms in total. The van der Waals surface area contributed by atoms with Crippen molar-refractivity contribution in [1.82, 2.24) is 10.0 Å². The molecule has 0 aliphatic carbocycles. The number of carbonyl (C=O) groups is 4.